The van der Waals surface area contributed by atoms with E-state index in [9.17, 15) is 12.8 Å². The highest BCUT2D eigenvalue weighted by atomic mass is 32.2. The van der Waals surface area contributed by atoms with Gasteiger partial charge in [-0.2, -0.15) is 0 Å². The Morgan fingerprint density at radius 1 is 1.05 bits per heavy atom. The quantitative estimate of drug-likeness (QED) is 0.883. The minimum absolute atomic E-state index is 0.00767. The second-order valence-corrected chi connectivity index (χ2v) is 5.99. The van der Waals surface area contributed by atoms with Crippen LogP contribution in [0.5, 0.6) is 0 Å². The van der Waals surface area contributed by atoms with Crippen LogP contribution in [-0.4, -0.2) is 15.0 Å². The van der Waals surface area contributed by atoms with Gasteiger partial charge < -0.3 is 5.73 Å². The van der Waals surface area contributed by atoms with Crippen LogP contribution in [0.1, 0.15) is 11.6 Å². The Hall–Kier alpha value is -1.76. The zero-order valence-corrected chi connectivity index (χ0v) is 11.5. The maximum absolute atomic E-state index is 12.8. The van der Waals surface area contributed by atoms with E-state index < -0.39 is 21.9 Å². The summed E-state index contributed by atoms with van der Waals surface area (Å²) in [7, 11) is -3.73. The maximum atomic E-state index is 12.8. The molecule has 106 valence electrons. The molecule has 0 saturated carbocycles. The fourth-order valence-corrected chi connectivity index (χ4v) is 3.04. The van der Waals surface area contributed by atoms with Gasteiger partial charge in [0, 0.05) is 6.54 Å². The van der Waals surface area contributed by atoms with E-state index in [0.29, 0.717) is 0 Å². The molecule has 0 amide bonds. The molecule has 0 aliphatic carbocycles. The molecule has 0 bridgehead atoms. The van der Waals surface area contributed by atoms with Crippen LogP contribution in [0.3, 0.4) is 0 Å². The summed E-state index contributed by atoms with van der Waals surface area (Å²) in [5.74, 6) is -0.484. The van der Waals surface area contributed by atoms with Gasteiger partial charge in [0.25, 0.3) is 0 Å². The minimum atomic E-state index is -3.73. The van der Waals surface area contributed by atoms with Crippen LogP contribution in [0.2, 0.25) is 0 Å². The molecule has 1 atom stereocenters. The van der Waals surface area contributed by atoms with Crippen LogP contribution in [-0.2, 0) is 10.0 Å². The van der Waals surface area contributed by atoms with E-state index in [1.807, 2.05) is 18.2 Å². The highest BCUT2D eigenvalue weighted by molar-refractivity contribution is 7.89. The topological polar surface area (TPSA) is 72.2 Å². The summed E-state index contributed by atoms with van der Waals surface area (Å²) in [6, 6.07) is 13.2. The first kappa shape index (κ1) is 14.6. The molecule has 0 aromatic heterocycles. The largest absolute Gasteiger partial charge is 0.329 e. The van der Waals surface area contributed by atoms with Crippen LogP contribution >= 0.6 is 0 Å². The minimum Gasteiger partial charge on any atom is -0.329 e. The van der Waals surface area contributed by atoms with Crippen molar-refractivity contribution in [3.63, 3.8) is 0 Å². The predicted molar refractivity (Wildman–Crippen MR) is 75.0 cm³/mol. The van der Waals surface area contributed by atoms with Crippen molar-refractivity contribution in [1.82, 2.24) is 4.72 Å². The van der Waals surface area contributed by atoms with Crippen LogP contribution in [0.15, 0.2) is 59.5 Å². The molecule has 0 aliphatic heterocycles. The lowest BCUT2D eigenvalue weighted by Gasteiger charge is -2.17. The van der Waals surface area contributed by atoms with Crippen molar-refractivity contribution in [3.05, 3.63) is 66.0 Å². The SMILES string of the molecule is NCC(NS(=O)(=O)c1ccc(F)cc1)c1ccccc1. The van der Waals surface area contributed by atoms with Crippen LogP contribution in [0.4, 0.5) is 4.39 Å². The Kier molecular flexibility index (Phi) is 4.49. The molecular formula is C14H15FN2O2S. The van der Waals surface area contributed by atoms with E-state index in [4.69, 9.17) is 5.73 Å². The lowest BCUT2D eigenvalue weighted by molar-refractivity contribution is 0.558. The first-order valence-corrected chi connectivity index (χ1v) is 7.54. The third-order valence-corrected chi connectivity index (χ3v) is 4.35. The van der Waals surface area contributed by atoms with Gasteiger partial charge in [0.05, 0.1) is 10.9 Å². The fourth-order valence-electron chi connectivity index (χ4n) is 1.81. The van der Waals surface area contributed by atoms with Crippen LogP contribution < -0.4 is 10.5 Å². The Morgan fingerprint density at radius 2 is 1.65 bits per heavy atom. The number of benzene rings is 2. The number of hydrogen-bond donors (Lipinski definition) is 2. The molecule has 4 nitrogen and oxygen atoms in total. The van der Waals surface area contributed by atoms with Gasteiger partial charge >= 0.3 is 0 Å². The summed E-state index contributed by atoms with van der Waals surface area (Å²) in [6.45, 7) is 0.129. The van der Waals surface area contributed by atoms with Gasteiger partial charge in [-0.3, -0.25) is 0 Å². The number of nitrogens with one attached hydrogen (secondary N) is 1. The number of sulfonamides is 1. The lowest BCUT2D eigenvalue weighted by atomic mass is 10.1. The van der Waals surface area contributed by atoms with Gasteiger partial charge in [0.1, 0.15) is 5.82 Å². The third-order valence-electron chi connectivity index (χ3n) is 2.86. The van der Waals surface area contributed by atoms with Crippen LogP contribution in [0.25, 0.3) is 0 Å². The van der Waals surface area contributed by atoms with Gasteiger partial charge in [-0.25, -0.2) is 17.5 Å². The van der Waals surface area contributed by atoms with Crippen LogP contribution in [0, 0.1) is 5.82 Å². The zero-order valence-electron chi connectivity index (χ0n) is 10.7. The second kappa shape index (κ2) is 6.13. The first-order chi connectivity index (χ1) is 9.53. The fraction of sp³-hybridized carbons (Fsp3) is 0.143. The van der Waals surface area contributed by atoms with E-state index in [1.165, 1.54) is 12.1 Å². The molecule has 6 heteroatoms. The van der Waals surface area contributed by atoms with E-state index in [2.05, 4.69) is 4.72 Å². The smallest absolute Gasteiger partial charge is 0.241 e. The Balaban J connectivity index is 2.24. The number of nitrogens with two attached hydrogens (primary N) is 1. The Bertz CT molecular complexity index is 657. The van der Waals surface area contributed by atoms with E-state index in [0.717, 1.165) is 17.7 Å². The number of hydrogen-bond acceptors (Lipinski definition) is 3. The highest BCUT2D eigenvalue weighted by Gasteiger charge is 2.20. The van der Waals surface area contributed by atoms with Gasteiger partial charge in [-0.15, -0.1) is 0 Å². The summed E-state index contributed by atoms with van der Waals surface area (Å²) >= 11 is 0. The van der Waals surface area contributed by atoms with Crippen molar-refractivity contribution in [2.75, 3.05) is 6.54 Å². The predicted octanol–water partition coefficient (Wildman–Crippen LogP) is 1.80. The summed E-state index contributed by atoms with van der Waals surface area (Å²) in [4.78, 5) is 0.00767. The number of rotatable bonds is 5. The molecular weight excluding hydrogens is 279 g/mol. The van der Waals surface area contributed by atoms with Gasteiger partial charge in [0.2, 0.25) is 10.0 Å². The summed E-state index contributed by atoms with van der Waals surface area (Å²) in [6.07, 6.45) is 0. The molecule has 0 saturated heterocycles. The van der Waals surface area contributed by atoms with Crippen molar-refractivity contribution < 1.29 is 12.8 Å². The third kappa shape index (κ3) is 3.41. The normalized spacial score (nSPS) is 13.1. The molecule has 0 heterocycles. The Morgan fingerprint density at radius 3 is 2.20 bits per heavy atom. The molecule has 20 heavy (non-hydrogen) atoms. The second-order valence-electron chi connectivity index (χ2n) is 4.27. The monoisotopic (exact) mass is 294 g/mol. The maximum Gasteiger partial charge on any atom is 0.241 e. The average molecular weight is 294 g/mol. The molecule has 0 spiro atoms. The van der Waals surface area contributed by atoms with Gasteiger partial charge in [-0.1, -0.05) is 30.3 Å². The van der Waals surface area contributed by atoms with Crippen molar-refractivity contribution in [3.8, 4) is 0 Å². The molecule has 2 rings (SSSR count). The molecule has 0 fully saturated rings. The highest BCUT2D eigenvalue weighted by Crippen LogP contribution is 2.16. The average Bonchev–Trinajstić information content (AvgIpc) is 2.46. The molecule has 1 unspecified atom stereocenters. The Labute approximate surface area is 117 Å². The molecule has 3 N–H and O–H groups in total. The number of halogens is 1. The van der Waals surface area contributed by atoms with E-state index in [-0.39, 0.29) is 11.4 Å². The molecule has 2 aromatic rings. The summed E-state index contributed by atoms with van der Waals surface area (Å²) < 4.78 is 39.7. The molecule has 0 radical (unpaired) electrons. The van der Waals surface area contributed by atoms with E-state index >= 15 is 0 Å². The first-order valence-electron chi connectivity index (χ1n) is 6.06. The van der Waals surface area contributed by atoms with Crippen molar-refractivity contribution >= 4 is 10.0 Å². The van der Waals surface area contributed by atoms with E-state index in [1.54, 1.807) is 12.1 Å². The zero-order chi connectivity index (χ0) is 14.6. The molecule has 0 aliphatic rings. The lowest BCUT2D eigenvalue weighted by Crippen LogP contribution is -2.33. The van der Waals surface area contributed by atoms with Gasteiger partial charge in [-0.05, 0) is 29.8 Å². The van der Waals surface area contributed by atoms with Gasteiger partial charge in [0.15, 0.2) is 0 Å². The van der Waals surface area contributed by atoms with Crippen molar-refractivity contribution in [2.24, 2.45) is 5.73 Å². The summed E-state index contributed by atoms with van der Waals surface area (Å²) in [5, 5.41) is 0. The van der Waals surface area contributed by atoms with Crippen molar-refractivity contribution in [1.29, 1.82) is 0 Å². The molecule has 2 aromatic carbocycles. The standard InChI is InChI=1S/C14H15FN2O2S/c15-12-6-8-13(9-7-12)20(18,19)17-14(10-16)11-4-2-1-3-5-11/h1-9,14,17H,10,16H2. The summed E-state index contributed by atoms with van der Waals surface area (Å²) in [5.41, 5.74) is 6.41. The van der Waals surface area contributed by atoms with Crippen molar-refractivity contribution in [2.45, 2.75) is 10.9 Å².